The average Bonchev–Trinajstić information content (AvgIpc) is 3.55. The van der Waals surface area contributed by atoms with Gasteiger partial charge in [-0.05, 0) is 31.5 Å². The van der Waals surface area contributed by atoms with Crippen molar-refractivity contribution in [2.45, 2.75) is 32.5 Å². The van der Waals surface area contributed by atoms with Crippen molar-refractivity contribution in [1.29, 1.82) is 0 Å². The summed E-state index contributed by atoms with van der Waals surface area (Å²) in [6, 6.07) is 12.5. The SMILES string of the molecule is C=CCn1c(=O)c2ccc(Nc3ncc(-c4nnco4)c(N[C@H](CO)c4ccccc4)n3)nc2n1C(C)C. The van der Waals surface area contributed by atoms with E-state index in [1.807, 2.05) is 48.9 Å². The van der Waals surface area contributed by atoms with Gasteiger partial charge in [0.1, 0.15) is 11.6 Å². The molecule has 0 bridgehead atoms. The number of hydrogen-bond acceptors (Lipinski definition) is 10. The van der Waals surface area contributed by atoms with Crippen LogP contribution in [0.15, 0.2) is 76.9 Å². The molecule has 0 aliphatic rings. The highest BCUT2D eigenvalue weighted by Gasteiger charge is 2.20. The second-order valence-corrected chi connectivity index (χ2v) is 8.80. The summed E-state index contributed by atoms with van der Waals surface area (Å²) in [5.74, 6) is 1.32. The molecule has 0 aliphatic heterocycles. The molecule has 12 heteroatoms. The van der Waals surface area contributed by atoms with E-state index in [0.717, 1.165) is 5.56 Å². The lowest BCUT2D eigenvalue weighted by atomic mass is 10.1. The van der Waals surface area contributed by atoms with Gasteiger partial charge in [-0.1, -0.05) is 36.4 Å². The van der Waals surface area contributed by atoms with Crippen LogP contribution in [0.3, 0.4) is 0 Å². The Hall–Kier alpha value is -4.84. The summed E-state index contributed by atoms with van der Waals surface area (Å²) < 4.78 is 8.85. The molecule has 0 amide bonds. The van der Waals surface area contributed by atoms with Gasteiger partial charge in [0.2, 0.25) is 12.3 Å². The maximum absolute atomic E-state index is 12.9. The maximum Gasteiger partial charge on any atom is 0.276 e. The Morgan fingerprint density at radius 1 is 1.16 bits per heavy atom. The first-order valence-electron chi connectivity index (χ1n) is 12.1. The molecule has 0 saturated heterocycles. The number of aromatic nitrogens is 7. The van der Waals surface area contributed by atoms with E-state index < -0.39 is 6.04 Å². The molecule has 3 N–H and O–H groups in total. The minimum Gasteiger partial charge on any atom is -0.423 e. The fourth-order valence-corrected chi connectivity index (χ4v) is 4.23. The summed E-state index contributed by atoms with van der Waals surface area (Å²) in [6.45, 7) is 7.94. The lowest BCUT2D eigenvalue weighted by Gasteiger charge is -2.19. The van der Waals surface area contributed by atoms with Crippen molar-refractivity contribution in [3.05, 3.63) is 83.6 Å². The van der Waals surface area contributed by atoms with Gasteiger partial charge in [-0.15, -0.1) is 16.8 Å². The Morgan fingerprint density at radius 3 is 2.66 bits per heavy atom. The number of aliphatic hydroxyl groups is 1. The van der Waals surface area contributed by atoms with Crippen molar-refractivity contribution < 1.29 is 9.52 Å². The van der Waals surface area contributed by atoms with Gasteiger partial charge >= 0.3 is 0 Å². The summed E-state index contributed by atoms with van der Waals surface area (Å²) >= 11 is 0. The molecule has 0 spiro atoms. The second kappa shape index (κ2) is 10.6. The van der Waals surface area contributed by atoms with Gasteiger partial charge in [0.15, 0.2) is 5.65 Å². The monoisotopic (exact) mass is 513 g/mol. The van der Waals surface area contributed by atoms with Gasteiger partial charge in [0.05, 0.1) is 30.1 Å². The molecule has 0 aliphatic carbocycles. The summed E-state index contributed by atoms with van der Waals surface area (Å²) in [4.78, 5) is 26.6. The highest BCUT2D eigenvalue weighted by Crippen LogP contribution is 2.29. The summed E-state index contributed by atoms with van der Waals surface area (Å²) in [6.07, 6.45) is 4.45. The third kappa shape index (κ3) is 4.76. The van der Waals surface area contributed by atoms with Gasteiger partial charge in [-0.3, -0.25) is 9.48 Å². The van der Waals surface area contributed by atoms with Crippen LogP contribution in [-0.4, -0.2) is 46.2 Å². The molecule has 5 rings (SSSR count). The highest BCUT2D eigenvalue weighted by atomic mass is 16.4. The zero-order chi connectivity index (χ0) is 26.6. The molecule has 1 aromatic carbocycles. The molecule has 38 heavy (non-hydrogen) atoms. The number of benzene rings is 1. The van der Waals surface area contributed by atoms with Gasteiger partial charge in [0.25, 0.3) is 11.4 Å². The Balaban J connectivity index is 1.52. The number of pyridine rings is 1. The van der Waals surface area contributed by atoms with E-state index in [0.29, 0.717) is 34.8 Å². The number of nitrogens with one attached hydrogen (secondary N) is 2. The number of aliphatic hydroxyl groups excluding tert-OH is 1. The lowest BCUT2D eigenvalue weighted by molar-refractivity contribution is 0.276. The summed E-state index contributed by atoms with van der Waals surface area (Å²) in [7, 11) is 0. The Morgan fingerprint density at radius 2 is 1.97 bits per heavy atom. The fourth-order valence-electron chi connectivity index (χ4n) is 4.23. The molecule has 0 radical (unpaired) electrons. The normalized spacial score (nSPS) is 12.1. The zero-order valence-electron chi connectivity index (χ0n) is 20.9. The number of anilines is 3. The van der Waals surface area contributed by atoms with Crippen LogP contribution in [0.2, 0.25) is 0 Å². The predicted molar refractivity (Wildman–Crippen MR) is 143 cm³/mol. The minimum atomic E-state index is -0.444. The van der Waals surface area contributed by atoms with Gasteiger partial charge in [-0.2, -0.15) is 4.98 Å². The molecule has 0 saturated carbocycles. The van der Waals surface area contributed by atoms with Crippen LogP contribution >= 0.6 is 0 Å². The zero-order valence-corrected chi connectivity index (χ0v) is 20.9. The van der Waals surface area contributed by atoms with E-state index in [2.05, 4.69) is 37.4 Å². The van der Waals surface area contributed by atoms with E-state index >= 15 is 0 Å². The quantitative estimate of drug-likeness (QED) is 0.236. The Labute approximate surface area is 217 Å². The molecular formula is C26H27N9O3. The van der Waals surface area contributed by atoms with Gasteiger partial charge in [0, 0.05) is 12.2 Å². The Bertz CT molecular complexity index is 1610. The van der Waals surface area contributed by atoms with E-state index in [4.69, 9.17) is 9.40 Å². The third-order valence-corrected chi connectivity index (χ3v) is 5.92. The molecule has 0 fully saturated rings. The van der Waals surface area contributed by atoms with E-state index in [9.17, 15) is 9.90 Å². The van der Waals surface area contributed by atoms with Crippen LogP contribution < -0.4 is 16.2 Å². The second-order valence-electron chi connectivity index (χ2n) is 8.80. The van der Waals surface area contributed by atoms with Gasteiger partial charge in [-0.25, -0.2) is 14.6 Å². The van der Waals surface area contributed by atoms with Crippen LogP contribution in [0.5, 0.6) is 0 Å². The van der Waals surface area contributed by atoms with Crippen LogP contribution in [0, 0.1) is 0 Å². The van der Waals surface area contributed by atoms with Crippen LogP contribution in [-0.2, 0) is 6.54 Å². The first kappa shape index (κ1) is 24.8. The number of nitrogens with zero attached hydrogens (tertiary/aromatic N) is 7. The summed E-state index contributed by atoms with van der Waals surface area (Å²) in [5, 5.41) is 24.7. The molecular weight excluding hydrogens is 486 g/mol. The summed E-state index contributed by atoms with van der Waals surface area (Å²) in [5.41, 5.74) is 1.76. The first-order valence-corrected chi connectivity index (χ1v) is 12.1. The lowest BCUT2D eigenvalue weighted by Crippen LogP contribution is -2.23. The Kier molecular flexibility index (Phi) is 6.96. The molecule has 1 atom stereocenters. The van der Waals surface area contributed by atoms with Crippen molar-refractivity contribution in [2.75, 3.05) is 17.2 Å². The average molecular weight is 514 g/mol. The van der Waals surface area contributed by atoms with E-state index in [1.165, 1.54) is 6.39 Å². The topological polar surface area (TPSA) is 149 Å². The number of hydrogen-bond donors (Lipinski definition) is 3. The molecule has 12 nitrogen and oxygen atoms in total. The highest BCUT2D eigenvalue weighted by molar-refractivity contribution is 5.77. The van der Waals surface area contributed by atoms with Crippen LogP contribution in [0.4, 0.5) is 17.6 Å². The predicted octanol–water partition coefficient (Wildman–Crippen LogP) is 3.69. The first-order chi connectivity index (χ1) is 18.5. The van der Waals surface area contributed by atoms with Crippen molar-refractivity contribution in [3.63, 3.8) is 0 Å². The fraction of sp³-hybridized carbons (Fsp3) is 0.231. The number of rotatable bonds is 10. The van der Waals surface area contributed by atoms with Crippen molar-refractivity contribution in [1.82, 2.24) is 34.5 Å². The van der Waals surface area contributed by atoms with Crippen molar-refractivity contribution in [2.24, 2.45) is 0 Å². The van der Waals surface area contributed by atoms with Crippen molar-refractivity contribution >= 4 is 28.6 Å². The molecule has 4 heterocycles. The number of fused-ring (bicyclic) bond motifs is 1. The molecule has 5 aromatic rings. The van der Waals surface area contributed by atoms with Crippen LogP contribution in [0.25, 0.3) is 22.5 Å². The smallest absolute Gasteiger partial charge is 0.276 e. The van der Waals surface area contributed by atoms with E-state index in [1.54, 1.807) is 29.1 Å². The number of allylic oxidation sites excluding steroid dienone is 1. The molecule has 194 valence electrons. The minimum absolute atomic E-state index is 0.00274. The van der Waals surface area contributed by atoms with Crippen molar-refractivity contribution in [3.8, 4) is 11.5 Å². The maximum atomic E-state index is 12.9. The largest absolute Gasteiger partial charge is 0.423 e. The van der Waals surface area contributed by atoms with E-state index in [-0.39, 0.29) is 30.0 Å². The third-order valence-electron chi connectivity index (χ3n) is 5.92. The van der Waals surface area contributed by atoms with Crippen LogP contribution in [0.1, 0.15) is 31.5 Å². The molecule has 0 unspecified atom stereocenters. The van der Waals surface area contributed by atoms with Gasteiger partial charge < -0.3 is 20.2 Å². The standard InChI is InChI=1S/C26H27N9O3/c1-4-12-34-25(37)18-10-11-21(30-23(18)35(34)16(2)3)31-26-27-13-19(24-33-28-15-38-24)22(32-26)29-20(14-36)17-8-6-5-7-9-17/h4-11,13,15-16,20,36H,1,12,14H2,2-3H3,(H2,27,29,30,31,32)/t20-/m1/s1. The molecule has 4 aromatic heterocycles.